The number of carbonyl (C=O) groups excluding carboxylic acids is 1. The van der Waals surface area contributed by atoms with Gasteiger partial charge in [-0.25, -0.2) is 0 Å². The predicted molar refractivity (Wildman–Crippen MR) is 123 cm³/mol. The number of rotatable bonds is 8. The van der Waals surface area contributed by atoms with Gasteiger partial charge in [0.25, 0.3) is 0 Å². The molecule has 0 spiro atoms. The Morgan fingerprint density at radius 3 is 2.47 bits per heavy atom. The first kappa shape index (κ1) is 19.5. The van der Waals surface area contributed by atoms with Crippen molar-refractivity contribution in [2.75, 3.05) is 23.8 Å². The van der Waals surface area contributed by atoms with Gasteiger partial charge in [-0.05, 0) is 29.1 Å². The Bertz CT molecular complexity index is 1120. The minimum Gasteiger partial charge on any atom is -0.493 e. The summed E-state index contributed by atoms with van der Waals surface area (Å²) in [6.45, 7) is 0.775. The molecule has 4 aromatic carbocycles. The van der Waals surface area contributed by atoms with Gasteiger partial charge in [0.05, 0.1) is 13.2 Å². The third kappa shape index (κ3) is 5.17. The molecule has 30 heavy (non-hydrogen) atoms. The van der Waals surface area contributed by atoms with Crippen molar-refractivity contribution in [3.8, 4) is 5.75 Å². The minimum atomic E-state index is -0.107. The highest BCUT2D eigenvalue weighted by Crippen LogP contribution is 2.23. The Kier molecular flexibility index (Phi) is 6.25. The lowest BCUT2D eigenvalue weighted by molar-refractivity contribution is -0.114. The molecule has 0 aliphatic rings. The van der Waals surface area contributed by atoms with Gasteiger partial charge >= 0.3 is 0 Å². The summed E-state index contributed by atoms with van der Waals surface area (Å²) in [5.41, 5.74) is 2.90. The molecule has 2 N–H and O–H groups in total. The van der Waals surface area contributed by atoms with Gasteiger partial charge in [-0.3, -0.25) is 4.79 Å². The van der Waals surface area contributed by atoms with Gasteiger partial charge in [-0.15, -0.1) is 0 Å². The first-order valence-corrected chi connectivity index (χ1v) is 10.1. The van der Waals surface area contributed by atoms with E-state index in [2.05, 4.69) is 34.9 Å². The number of amides is 1. The first-order valence-electron chi connectivity index (χ1n) is 10.1. The Hall–Kier alpha value is -3.79. The Balaban J connectivity index is 1.30. The number of nitrogens with one attached hydrogen (secondary N) is 2. The number of carbonyl (C=O) groups is 1. The summed E-state index contributed by atoms with van der Waals surface area (Å²) >= 11 is 0. The van der Waals surface area contributed by atoms with Gasteiger partial charge in [-0.1, -0.05) is 72.8 Å². The molecule has 0 aromatic heterocycles. The van der Waals surface area contributed by atoms with E-state index in [1.54, 1.807) is 0 Å². The van der Waals surface area contributed by atoms with E-state index < -0.39 is 0 Å². The van der Waals surface area contributed by atoms with E-state index >= 15 is 0 Å². The summed E-state index contributed by atoms with van der Waals surface area (Å²) in [7, 11) is 0. The third-order valence-electron chi connectivity index (χ3n) is 4.85. The van der Waals surface area contributed by atoms with Crippen molar-refractivity contribution >= 4 is 28.1 Å². The van der Waals surface area contributed by atoms with Crippen LogP contribution in [0, 0.1) is 0 Å². The van der Waals surface area contributed by atoms with E-state index in [0.29, 0.717) is 6.61 Å². The maximum atomic E-state index is 12.4. The van der Waals surface area contributed by atoms with Crippen molar-refractivity contribution in [3.05, 3.63) is 103 Å². The molecule has 1 amide bonds. The zero-order chi connectivity index (χ0) is 20.6. The van der Waals surface area contributed by atoms with Gasteiger partial charge in [-0.2, -0.15) is 0 Å². The van der Waals surface area contributed by atoms with Crippen molar-refractivity contribution in [1.82, 2.24) is 0 Å². The largest absolute Gasteiger partial charge is 0.493 e. The molecule has 0 fully saturated rings. The molecule has 0 saturated carbocycles. The van der Waals surface area contributed by atoms with Crippen LogP contribution in [-0.4, -0.2) is 19.1 Å². The van der Waals surface area contributed by atoms with E-state index in [-0.39, 0.29) is 12.5 Å². The van der Waals surface area contributed by atoms with Crippen molar-refractivity contribution in [3.63, 3.8) is 0 Å². The van der Waals surface area contributed by atoms with E-state index in [0.717, 1.165) is 34.3 Å². The highest BCUT2D eigenvalue weighted by atomic mass is 16.5. The fourth-order valence-corrected chi connectivity index (χ4v) is 3.36. The second-order valence-corrected chi connectivity index (χ2v) is 7.04. The van der Waals surface area contributed by atoms with Crippen LogP contribution in [0.4, 0.5) is 11.4 Å². The number of benzene rings is 4. The van der Waals surface area contributed by atoms with Crippen LogP contribution >= 0.6 is 0 Å². The highest BCUT2D eigenvalue weighted by Gasteiger charge is 2.06. The number of hydrogen-bond donors (Lipinski definition) is 2. The maximum absolute atomic E-state index is 12.4. The summed E-state index contributed by atoms with van der Waals surface area (Å²) < 4.78 is 5.84. The van der Waals surface area contributed by atoms with Gasteiger partial charge in [0, 0.05) is 29.2 Å². The van der Waals surface area contributed by atoms with E-state index in [1.807, 2.05) is 72.8 Å². The summed E-state index contributed by atoms with van der Waals surface area (Å²) in [4.78, 5) is 12.4. The summed E-state index contributed by atoms with van der Waals surface area (Å²) in [5, 5.41) is 8.40. The molecule has 0 aliphatic heterocycles. The molecule has 4 heteroatoms. The zero-order valence-electron chi connectivity index (χ0n) is 16.7. The van der Waals surface area contributed by atoms with E-state index in [4.69, 9.17) is 4.74 Å². The normalized spacial score (nSPS) is 10.5. The summed E-state index contributed by atoms with van der Waals surface area (Å²) in [6, 6.07) is 31.9. The smallest absolute Gasteiger partial charge is 0.243 e. The lowest BCUT2D eigenvalue weighted by atomic mass is 10.1. The fourth-order valence-electron chi connectivity index (χ4n) is 3.36. The van der Waals surface area contributed by atoms with Crippen LogP contribution in [0.15, 0.2) is 97.1 Å². The third-order valence-corrected chi connectivity index (χ3v) is 4.85. The molecule has 4 rings (SSSR count). The fraction of sp³-hybridized carbons (Fsp3) is 0.115. The number of anilines is 2. The highest BCUT2D eigenvalue weighted by molar-refractivity contribution is 5.98. The Labute approximate surface area is 176 Å². The minimum absolute atomic E-state index is 0.107. The van der Waals surface area contributed by atoms with E-state index in [9.17, 15) is 4.79 Å². The average molecular weight is 396 g/mol. The number of ether oxygens (including phenoxy) is 1. The summed E-state index contributed by atoms with van der Waals surface area (Å²) in [5.74, 6) is 0.634. The lowest BCUT2D eigenvalue weighted by Gasteiger charge is -2.11. The van der Waals surface area contributed by atoms with Crippen molar-refractivity contribution in [2.24, 2.45) is 0 Å². The quantitative estimate of drug-likeness (QED) is 0.413. The molecule has 4 nitrogen and oxygen atoms in total. The topological polar surface area (TPSA) is 50.4 Å². The van der Waals surface area contributed by atoms with Crippen molar-refractivity contribution in [2.45, 2.75) is 6.42 Å². The zero-order valence-corrected chi connectivity index (χ0v) is 16.7. The molecule has 150 valence electrons. The standard InChI is InChI=1S/C26H24N2O2/c29-26(19-27-25-15-6-11-21-10-4-5-14-24(21)25)28-22-12-7-13-23(18-22)30-17-16-20-8-2-1-3-9-20/h1-15,18,27H,16-17,19H2,(H,28,29). The van der Waals surface area contributed by atoms with Crippen LogP contribution in [0.1, 0.15) is 5.56 Å². The lowest BCUT2D eigenvalue weighted by Crippen LogP contribution is -2.21. The molecule has 0 aliphatic carbocycles. The first-order chi connectivity index (χ1) is 14.8. The molecule has 4 aromatic rings. The van der Waals surface area contributed by atoms with Crippen molar-refractivity contribution in [1.29, 1.82) is 0 Å². The van der Waals surface area contributed by atoms with Crippen molar-refractivity contribution < 1.29 is 9.53 Å². The van der Waals surface area contributed by atoms with Crippen LogP contribution in [0.25, 0.3) is 10.8 Å². The van der Waals surface area contributed by atoms with Gasteiger partial charge < -0.3 is 15.4 Å². The van der Waals surface area contributed by atoms with Gasteiger partial charge in [0.15, 0.2) is 0 Å². The van der Waals surface area contributed by atoms with Crippen LogP contribution in [0.3, 0.4) is 0 Å². The molecule has 0 saturated heterocycles. The average Bonchev–Trinajstić information content (AvgIpc) is 2.79. The second-order valence-electron chi connectivity index (χ2n) is 7.04. The van der Waals surface area contributed by atoms with Gasteiger partial charge in [0.1, 0.15) is 5.75 Å². The van der Waals surface area contributed by atoms with Crippen LogP contribution in [0.2, 0.25) is 0 Å². The predicted octanol–water partition coefficient (Wildman–Crippen LogP) is 5.51. The Morgan fingerprint density at radius 2 is 1.57 bits per heavy atom. The molecular weight excluding hydrogens is 372 g/mol. The molecular formula is C26H24N2O2. The monoisotopic (exact) mass is 396 g/mol. The molecule has 0 heterocycles. The number of fused-ring (bicyclic) bond motifs is 1. The Morgan fingerprint density at radius 1 is 0.800 bits per heavy atom. The van der Waals surface area contributed by atoms with Crippen LogP contribution in [-0.2, 0) is 11.2 Å². The van der Waals surface area contributed by atoms with Crippen LogP contribution < -0.4 is 15.4 Å². The SMILES string of the molecule is O=C(CNc1cccc2ccccc12)Nc1cccc(OCCc2ccccc2)c1. The second kappa shape index (κ2) is 9.61. The van der Waals surface area contributed by atoms with Crippen LogP contribution in [0.5, 0.6) is 5.75 Å². The molecule has 0 bridgehead atoms. The van der Waals surface area contributed by atoms with E-state index in [1.165, 1.54) is 5.56 Å². The molecule has 0 atom stereocenters. The number of hydrogen-bond acceptors (Lipinski definition) is 3. The van der Waals surface area contributed by atoms with Gasteiger partial charge in [0.2, 0.25) is 5.91 Å². The summed E-state index contributed by atoms with van der Waals surface area (Å²) in [6.07, 6.45) is 0.840. The molecule has 0 unspecified atom stereocenters. The molecule has 0 radical (unpaired) electrons. The maximum Gasteiger partial charge on any atom is 0.243 e.